The molecule has 1 aliphatic heterocycles. The number of benzene rings is 1. The van der Waals surface area contributed by atoms with Crippen molar-refractivity contribution >= 4 is 11.7 Å². The zero-order valence-electron chi connectivity index (χ0n) is 21.7. The van der Waals surface area contributed by atoms with Gasteiger partial charge in [-0.25, -0.2) is 4.79 Å². The Bertz CT molecular complexity index is 1010. The van der Waals surface area contributed by atoms with E-state index in [9.17, 15) is 4.79 Å². The summed E-state index contributed by atoms with van der Waals surface area (Å²) in [6.45, 7) is 5.29. The highest BCUT2D eigenvalue weighted by Crippen LogP contribution is 2.49. The summed E-state index contributed by atoms with van der Waals surface area (Å²) in [6.07, 6.45) is 9.98. The van der Waals surface area contributed by atoms with Gasteiger partial charge < -0.3 is 15.1 Å². The van der Waals surface area contributed by atoms with Crippen molar-refractivity contribution in [1.29, 1.82) is 0 Å². The highest BCUT2D eigenvalue weighted by molar-refractivity contribution is 5.78. The van der Waals surface area contributed by atoms with Gasteiger partial charge in [-0.05, 0) is 83.2 Å². The van der Waals surface area contributed by atoms with Crippen molar-refractivity contribution in [1.82, 2.24) is 19.7 Å². The van der Waals surface area contributed by atoms with Crippen LogP contribution in [0.4, 0.5) is 10.5 Å². The Morgan fingerprint density at radius 1 is 1.09 bits per heavy atom. The molecule has 1 aromatic carbocycles. The topological polar surface area (TPSA) is 51.7 Å². The average molecular weight is 476 g/mol. The van der Waals surface area contributed by atoms with Gasteiger partial charge in [-0.1, -0.05) is 36.8 Å². The molecule has 188 valence electrons. The summed E-state index contributed by atoms with van der Waals surface area (Å²) >= 11 is 0. The van der Waals surface area contributed by atoms with E-state index >= 15 is 0 Å². The molecule has 2 saturated carbocycles. The first-order chi connectivity index (χ1) is 16.9. The normalized spacial score (nSPS) is 27.0. The lowest BCUT2D eigenvalue weighted by Crippen LogP contribution is -2.56. The zero-order chi connectivity index (χ0) is 24.5. The maximum absolute atomic E-state index is 13.7. The van der Waals surface area contributed by atoms with Crippen LogP contribution in [0, 0.1) is 12.8 Å². The van der Waals surface area contributed by atoms with Crippen LogP contribution in [0.3, 0.4) is 0 Å². The Kier molecular flexibility index (Phi) is 6.75. The second kappa shape index (κ2) is 9.81. The summed E-state index contributed by atoms with van der Waals surface area (Å²) in [5.41, 5.74) is 3.49. The molecule has 6 nitrogen and oxygen atoms in total. The second-order valence-corrected chi connectivity index (χ2v) is 11.2. The molecule has 35 heavy (non-hydrogen) atoms. The van der Waals surface area contributed by atoms with Crippen LogP contribution >= 0.6 is 0 Å². The smallest absolute Gasteiger partial charge is 0.320 e. The van der Waals surface area contributed by atoms with E-state index in [4.69, 9.17) is 0 Å². The molecule has 2 aromatic rings. The molecule has 0 bridgehead atoms. The van der Waals surface area contributed by atoms with Gasteiger partial charge in [0.25, 0.3) is 0 Å². The molecular formula is C29H41N5O. The summed E-state index contributed by atoms with van der Waals surface area (Å²) in [5.74, 6) is 0.684. The van der Waals surface area contributed by atoms with Gasteiger partial charge in [-0.15, -0.1) is 0 Å². The minimum Gasteiger partial charge on any atom is -0.383 e. The molecule has 0 radical (unpaired) electrons. The van der Waals surface area contributed by atoms with Gasteiger partial charge in [0.1, 0.15) is 0 Å². The van der Waals surface area contributed by atoms with E-state index in [-0.39, 0.29) is 17.1 Å². The molecule has 1 saturated heterocycles. The summed E-state index contributed by atoms with van der Waals surface area (Å²) in [5, 5.41) is 3.49. The van der Waals surface area contributed by atoms with Crippen LogP contribution in [0.25, 0.3) is 0 Å². The number of pyridine rings is 1. The number of hydrogen-bond donors (Lipinski definition) is 1. The molecule has 2 heterocycles. The molecule has 3 aliphatic rings. The van der Waals surface area contributed by atoms with Crippen LogP contribution in [0.5, 0.6) is 0 Å². The first-order valence-corrected chi connectivity index (χ1v) is 13.4. The van der Waals surface area contributed by atoms with Gasteiger partial charge in [0.2, 0.25) is 0 Å². The molecule has 6 heteroatoms. The molecular weight excluding hydrogens is 434 g/mol. The number of nitrogens with one attached hydrogen (secondary N) is 1. The highest BCUT2D eigenvalue weighted by atomic mass is 16.2. The van der Waals surface area contributed by atoms with Crippen molar-refractivity contribution in [2.75, 3.05) is 45.6 Å². The van der Waals surface area contributed by atoms with Crippen molar-refractivity contribution in [2.45, 2.75) is 62.9 Å². The first kappa shape index (κ1) is 24.1. The molecule has 0 atom stereocenters. The van der Waals surface area contributed by atoms with E-state index in [0.29, 0.717) is 5.92 Å². The van der Waals surface area contributed by atoms with E-state index < -0.39 is 0 Å². The van der Waals surface area contributed by atoms with Crippen molar-refractivity contribution < 1.29 is 4.79 Å². The van der Waals surface area contributed by atoms with Crippen molar-refractivity contribution in [3.63, 3.8) is 0 Å². The fourth-order valence-electron chi connectivity index (χ4n) is 6.55. The van der Waals surface area contributed by atoms with E-state index in [1.54, 1.807) is 0 Å². The summed E-state index contributed by atoms with van der Waals surface area (Å²) in [7, 11) is 4.44. The van der Waals surface area contributed by atoms with Crippen LogP contribution in [-0.4, -0.2) is 71.5 Å². The Morgan fingerprint density at radius 2 is 1.83 bits per heavy atom. The van der Waals surface area contributed by atoms with Crippen LogP contribution in [0.1, 0.15) is 56.2 Å². The van der Waals surface area contributed by atoms with Crippen LogP contribution in [0.2, 0.25) is 0 Å². The number of carbonyl (C=O) groups is 1. The number of rotatable bonds is 8. The third-order valence-electron chi connectivity index (χ3n) is 9.01. The predicted molar refractivity (Wildman–Crippen MR) is 141 cm³/mol. The number of hydrogen-bond acceptors (Lipinski definition) is 4. The van der Waals surface area contributed by atoms with E-state index in [2.05, 4.69) is 75.5 Å². The lowest BCUT2D eigenvalue weighted by Gasteiger charge is -2.51. The van der Waals surface area contributed by atoms with Crippen molar-refractivity contribution in [2.24, 2.45) is 5.92 Å². The van der Waals surface area contributed by atoms with E-state index in [1.807, 2.05) is 19.2 Å². The standard InChI is InChI=1S/C29H41N5O/c1-23-20-26(12-17-30-23)31-18-19-33-22-28(34(27(33)35)21-24-8-7-9-24)13-15-29(16-14-28,32(2)3)25-10-5-4-6-11-25/h4-6,10-12,17,20,24H,7-9,13-16,18-19,21-22H2,1-3H3,(H,30,31). The number of anilines is 1. The third-order valence-corrected chi connectivity index (χ3v) is 9.01. The fraction of sp³-hybridized carbons (Fsp3) is 0.586. The maximum Gasteiger partial charge on any atom is 0.320 e. The van der Waals surface area contributed by atoms with Gasteiger partial charge in [0.15, 0.2) is 0 Å². The van der Waals surface area contributed by atoms with Gasteiger partial charge in [0, 0.05) is 49.3 Å². The van der Waals surface area contributed by atoms with E-state index in [0.717, 1.165) is 63.2 Å². The minimum absolute atomic E-state index is 0.0335. The van der Waals surface area contributed by atoms with Crippen LogP contribution in [0.15, 0.2) is 48.7 Å². The van der Waals surface area contributed by atoms with E-state index in [1.165, 1.54) is 24.8 Å². The average Bonchev–Trinajstić information content (AvgIpc) is 3.08. The Balaban J connectivity index is 1.31. The van der Waals surface area contributed by atoms with Gasteiger partial charge in [0.05, 0.1) is 5.54 Å². The van der Waals surface area contributed by atoms with Gasteiger partial charge in [-0.2, -0.15) is 0 Å². The monoisotopic (exact) mass is 475 g/mol. The van der Waals surface area contributed by atoms with Gasteiger partial charge in [-0.3, -0.25) is 9.88 Å². The zero-order valence-corrected chi connectivity index (χ0v) is 21.7. The SMILES string of the molecule is Cc1cc(NCCN2CC3(CCC(c4ccccc4)(N(C)C)CC3)N(CC3CCC3)C2=O)ccn1. The quantitative estimate of drug-likeness (QED) is 0.576. The molecule has 5 rings (SSSR count). The number of aromatic nitrogens is 1. The molecule has 3 fully saturated rings. The maximum atomic E-state index is 13.7. The first-order valence-electron chi connectivity index (χ1n) is 13.4. The molecule has 1 aromatic heterocycles. The van der Waals surface area contributed by atoms with Crippen LogP contribution < -0.4 is 5.32 Å². The summed E-state index contributed by atoms with van der Waals surface area (Å²) in [4.78, 5) is 24.8. The predicted octanol–water partition coefficient (Wildman–Crippen LogP) is 5.11. The number of aryl methyl sites for hydroxylation is 1. The largest absolute Gasteiger partial charge is 0.383 e. The molecule has 1 spiro atoms. The van der Waals surface area contributed by atoms with Crippen LogP contribution in [-0.2, 0) is 5.54 Å². The lowest BCUT2D eigenvalue weighted by molar-refractivity contribution is 0.0160. The molecule has 0 unspecified atom stereocenters. The Labute approximate surface area is 210 Å². The molecule has 2 amide bonds. The number of carbonyl (C=O) groups excluding carboxylic acids is 1. The van der Waals surface area contributed by atoms with Gasteiger partial charge >= 0.3 is 6.03 Å². The second-order valence-electron chi connectivity index (χ2n) is 11.2. The number of amides is 2. The minimum atomic E-state index is -0.0335. The number of nitrogens with zero attached hydrogens (tertiary/aromatic N) is 4. The molecule has 2 aliphatic carbocycles. The Morgan fingerprint density at radius 3 is 2.46 bits per heavy atom. The van der Waals surface area contributed by atoms with Crippen molar-refractivity contribution in [3.05, 3.63) is 59.9 Å². The molecule has 1 N–H and O–H groups in total. The highest BCUT2D eigenvalue weighted by Gasteiger charge is 2.54. The van der Waals surface area contributed by atoms with Crippen molar-refractivity contribution in [3.8, 4) is 0 Å². The summed E-state index contributed by atoms with van der Waals surface area (Å²) in [6, 6.07) is 15.3. The number of urea groups is 1. The third kappa shape index (κ3) is 4.65. The fourth-order valence-corrected chi connectivity index (χ4v) is 6.55. The lowest BCUT2D eigenvalue weighted by atomic mass is 9.68. The Hall–Kier alpha value is -2.60. The summed E-state index contributed by atoms with van der Waals surface area (Å²) < 4.78 is 0.